The van der Waals surface area contributed by atoms with Crippen LogP contribution in [0.4, 0.5) is 0 Å². The highest BCUT2D eigenvalue weighted by atomic mass is 15.1. The summed E-state index contributed by atoms with van der Waals surface area (Å²) in [6, 6.07) is 0.659. The topological polar surface area (TPSA) is 15.3 Å². The molecule has 1 rings (SSSR count). The molecular formula is C11H20N2. The van der Waals surface area contributed by atoms with Crippen molar-refractivity contribution < 1.29 is 0 Å². The molecular weight excluding hydrogens is 160 g/mol. The molecule has 0 bridgehead atoms. The van der Waals surface area contributed by atoms with Crippen molar-refractivity contribution >= 4 is 0 Å². The van der Waals surface area contributed by atoms with E-state index >= 15 is 0 Å². The molecule has 74 valence electrons. The van der Waals surface area contributed by atoms with Gasteiger partial charge in [-0.15, -0.1) is 6.42 Å². The molecule has 1 aliphatic rings. The van der Waals surface area contributed by atoms with Gasteiger partial charge in [-0.25, -0.2) is 0 Å². The fourth-order valence-corrected chi connectivity index (χ4v) is 1.93. The standard InChI is InChI=1S/C11H20N2/c1-4-8-13(5-2)9-11-6-7-12-10(11)3/h1,10-12H,5-9H2,2-3H3. The van der Waals surface area contributed by atoms with Crippen molar-refractivity contribution in [2.45, 2.75) is 26.3 Å². The van der Waals surface area contributed by atoms with Crippen LogP contribution in [0.25, 0.3) is 0 Å². The first-order chi connectivity index (χ1) is 6.27. The van der Waals surface area contributed by atoms with Crippen molar-refractivity contribution in [3.8, 4) is 12.3 Å². The quantitative estimate of drug-likeness (QED) is 0.648. The van der Waals surface area contributed by atoms with E-state index in [4.69, 9.17) is 6.42 Å². The lowest BCUT2D eigenvalue weighted by Gasteiger charge is -2.23. The van der Waals surface area contributed by atoms with Crippen molar-refractivity contribution in [1.82, 2.24) is 10.2 Å². The number of hydrogen-bond acceptors (Lipinski definition) is 2. The van der Waals surface area contributed by atoms with Gasteiger partial charge in [0.1, 0.15) is 0 Å². The lowest BCUT2D eigenvalue weighted by Crippen LogP contribution is -2.34. The first-order valence-corrected chi connectivity index (χ1v) is 5.17. The third kappa shape index (κ3) is 3.02. The molecule has 1 heterocycles. The Morgan fingerprint density at radius 1 is 1.62 bits per heavy atom. The SMILES string of the molecule is C#CCN(CC)CC1CCNC1C. The number of terminal acetylenes is 1. The molecule has 0 aromatic carbocycles. The average Bonchev–Trinajstić information content (AvgIpc) is 2.51. The van der Waals surface area contributed by atoms with Gasteiger partial charge in [0.2, 0.25) is 0 Å². The van der Waals surface area contributed by atoms with Gasteiger partial charge in [0.25, 0.3) is 0 Å². The van der Waals surface area contributed by atoms with E-state index in [-0.39, 0.29) is 0 Å². The minimum atomic E-state index is 0.659. The summed E-state index contributed by atoms with van der Waals surface area (Å²) in [6.45, 7) is 8.60. The maximum Gasteiger partial charge on any atom is 0.0598 e. The molecule has 0 spiro atoms. The first kappa shape index (κ1) is 10.6. The normalized spacial score (nSPS) is 27.8. The fourth-order valence-electron chi connectivity index (χ4n) is 1.93. The zero-order chi connectivity index (χ0) is 9.68. The van der Waals surface area contributed by atoms with E-state index in [0.29, 0.717) is 6.04 Å². The second kappa shape index (κ2) is 5.26. The van der Waals surface area contributed by atoms with Crippen LogP contribution in [0.15, 0.2) is 0 Å². The zero-order valence-corrected chi connectivity index (χ0v) is 8.71. The van der Waals surface area contributed by atoms with E-state index in [2.05, 4.69) is 30.0 Å². The van der Waals surface area contributed by atoms with E-state index in [1.54, 1.807) is 0 Å². The van der Waals surface area contributed by atoms with Gasteiger partial charge in [-0.05, 0) is 32.4 Å². The smallest absolute Gasteiger partial charge is 0.0598 e. The highest BCUT2D eigenvalue weighted by Crippen LogP contribution is 2.16. The van der Waals surface area contributed by atoms with E-state index in [0.717, 1.165) is 25.6 Å². The summed E-state index contributed by atoms with van der Waals surface area (Å²) < 4.78 is 0. The number of nitrogens with zero attached hydrogens (tertiary/aromatic N) is 1. The summed E-state index contributed by atoms with van der Waals surface area (Å²) in [6.07, 6.45) is 6.60. The summed E-state index contributed by atoms with van der Waals surface area (Å²) in [5, 5.41) is 3.46. The minimum absolute atomic E-state index is 0.659. The Balaban J connectivity index is 2.32. The predicted molar refractivity (Wildman–Crippen MR) is 56.5 cm³/mol. The van der Waals surface area contributed by atoms with E-state index < -0.39 is 0 Å². The van der Waals surface area contributed by atoms with Gasteiger partial charge in [-0.1, -0.05) is 12.8 Å². The van der Waals surface area contributed by atoms with Gasteiger partial charge in [0.15, 0.2) is 0 Å². The molecule has 0 saturated carbocycles. The molecule has 1 N–H and O–H groups in total. The van der Waals surface area contributed by atoms with Crippen molar-refractivity contribution in [1.29, 1.82) is 0 Å². The summed E-state index contributed by atoms with van der Waals surface area (Å²) >= 11 is 0. The number of hydrogen-bond donors (Lipinski definition) is 1. The van der Waals surface area contributed by atoms with Crippen LogP contribution in [0, 0.1) is 18.3 Å². The molecule has 0 aliphatic carbocycles. The van der Waals surface area contributed by atoms with Crippen LogP contribution in [0.1, 0.15) is 20.3 Å². The third-order valence-electron chi connectivity index (χ3n) is 2.94. The Hall–Kier alpha value is -0.520. The molecule has 0 aromatic rings. The summed E-state index contributed by atoms with van der Waals surface area (Å²) in [5.74, 6) is 3.50. The zero-order valence-electron chi connectivity index (χ0n) is 8.71. The number of nitrogens with one attached hydrogen (secondary N) is 1. The molecule has 1 saturated heterocycles. The maximum absolute atomic E-state index is 5.31. The summed E-state index contributed by atoms with van der Waals surface area (Å²) in [5.41, 5.74) is 0. The Kier molecular flexibility index (Phi) is 4.27. The van der Waals surface area contributed by atoms with Crippen LogP contribution in [0.5, 0.6) is 0 Å². The highest BCUT2D eigenvalue weighted by Gasteiger charge is 2.23. The minimum Gasteiger partial charge on any atom is -0.314 e. The molecule has 2 unspecified atom stereocenters. The second-order valence-corrected chi connectivity index (χ2v) is 3.82. The Morgan fingerprint density at radius 2 is 2.38 bits per heavy atom. The van der Waals surface area contributed by atoms with Crippen molar-refractivity contribution in [2.75, 3.05) is 26.2 Å². The molecule has 2 nitrogen and oxygen atoms in total. The van der Waals surface area contributed by atoms with Crippen molar-refractivity contribution in [3.63, 3.8) is 0 Å². The Morgan fingerprint density at radius 3 is 2.85 bits per heavy atom. The molecule has 0 amide bonds. The molecule has 1 aliphatic heterocycles. The van der Waals surface area contributed by atoms with Crippen LogP contribution >= 0.6 is 0 Å². The lowest BCUT2D eigenvalue weighted by atomic mass is 10.0. The second-order valence-electron chi connectivity index (χ2n) is 3.82. The van der Waals surface area contributed by atoms with Crippen LogP contribution in [-0.2, 0) is 0 Å². The lowest BCUT2D eigenvalue weighted by molar-refractivity contribution is 0.257. The Bertz CT molecular complexity index is 183. The molecule has 2 atom stereocenters. The molecule has 13 heavy (non-hydrogen) atoms. The van der Waals surface area contributed by atoms with Gasteiger partial charge in [0, 0.05) is 12.6 Å². The van der Waals surface area contributed by atoms with E-state index in [1.807, 2.05) is 0 Å². The largest absolute Gasteiger partial charge is 0.314 e. The summed E-state index contributed by atoms with van der Waals surface area (Å²) in [7, 11) is 0. The van der Waals surface area contributed by atoms with Crippen molar-refractivity contribution in [2.24, 2.45) is 5.92 Å². The monoisotopic (exact) mass is 180 g/mol. The molecule has 2 heteroatoms. The van der Waals surface area contributed by atoms with E-state index in [9.17, 15) is 0 Å². The summed E-state index contributed by atoms with van der Waals surface area (Å²) in [4.78, 5) is 2.34. The van der Waals surface area contributed by atoms with Crippen LogP contribution in [0.3, 0.4) is 0 Å². The van der Waals surface area contributed by atoms with Crippen LogP contribution in [-0.4, -0.2) is 37.1 Å². The molecule has 0 aromatic heterocycles. The van der Waals surface area contributed by atoms with Gasteiger partial charge < -0.3 is 5.32 Å². The van der Waals surface area contributed by atoms with Crippen LogP contribution in [0.2, 0.25) is 0 Å². The van der Waals surface area contributed by atoms with Gasteiger partial charge in [-0.2, -0.15) is 0 Å². The van der Waals surface area contributed by atoms with Gasteiger partial charge in [0.05, 0.1) is 6.54 Å². The first-order valence-electron chi connectivity index (χ1n) is 5.17. The van der Waals surface area contributed by atoms with Crippen molar-refractivity contribution in [3.05, 3.63) is 0 Å². The third-order valence-corrected chi connectivity index (χ3v) is 2.94. The maximum atomic E-state index is 5.31. The van der Waals surface area contributed by atoms with Gasteiger partial charge >= 0.3 is 0 Å². The number of rotatable bonds is 4. The fraction of sp³-hybridized carbons (Fsp3) is 0.818. The van der Waals surface area contributed by atoms with E-state index in [1.165, 1.54) is 13.0 Å². The highest BCUT2D eigenvalue weighted by molar-refractivity contribution is 4.90. The Labute approximate surface area is 81.7 Å². The van der Waals surface area contributed by atoms with Crippen LogP contribution < -0.4 is 5.32 Å². The molecule has 1 fully saturated rings. The van der Waals surface area contributed by atoms with Gasteiger partial charge in [-0.3, -0.25) is 4.90 Å². The average molecular weight is 180 g/mol. The molecule has 0 radical (unpaired) electrons. The predicted octanol–water partition coefficient (Wildman–Crippen LogP) is 0.940.